The number of aromatic nitrogens is 2. The van der Waals surface area contributed by atoms with Crippen LogP contribution in [0.25, 0.3) is 10.9 Å². The standard InChI is InChI=1S/C18H19N3O3.2ClH/c1-11-5-7-12(8-6-11)21-18-15-13(19-10-20-18)9-14(22-2)16(23-3)17(15)24-4;;/h5-10H,1-4H3,(H,19,20,21);2*1H. The minimum absolute atomic E-state index is 0. The van der Waals surface area contributed by atoms with Gasteiger partial charge in [-0.05, 0) is 19.1 Å². The molecule has 3 aromatic rings. The predicted octanol–water partition coefficient (Wildman–Crippen LogP) is 4.55. The zero-order valence-corrected chi connectivity index (χ0v) is 16.5. The quantitative estimate of drug-likeness (QED) is 0.680. The van der Waals surface area contributed by atoms with E-state index in [-0.39, 0.29) is 24.8 Å². The smallest absolute Gasteiger partial charge is 0.204 e. The van der Waals surface area contributed by atoms with Crippen molar-refractivity contribution in [3.05, 3.63) is 42.2 Å². The van der Waals surface area contributed by atoms with E-state index >= 15 is 0 Å². The van der Waals surface area contributed by atoms with Crippen LogP contribution >= 0.6 is 24.8 Å². The molecule has 0 unspecified atom stereocenters. The molecular weight excluding hydrogens is 377 g/mol. The first-order valence-electron chi connectivity index (χ1n) is 7.45. The molecule has 26 heavy (non-hydrogen) atoms. The highest BCUT2D eigenvalue weighted by molar-refractivity contribution is 5.99. The van der Waals surface area contributed by atoms with E-state index in [1.807, 2.05) is 31.2 Å². The molecule has 2 aromatic carbocycles. The molecule has 0 aliphatic heterocycles. The first kappa shape index (κ1) is 21.6. The molecule has 1 aromatic heterocycles. The summed E-state index contributed by atoms with van der Waals surface area (Å²) in [6.45, 7) is 2.05. The van der Waals surface area contributed by atoms with Crippen LogP contribution in [0, 0.1) is 6.92 Å². The Hall–Kier alpha value is -2.44. The highest BCUT2D eigenvalue weighted by Crippen LogP contribution is 2.45. The number of aryl methyl sites for hydroxylation is 1. The third-order valence-electron chi connectivity index (χ3n) is 3.74. The van der Waals surface area contributed by atoms with E-state index in [0.29, 0.717) is 28.6 Å². The van der Waals surface area contributed by atoms with Crippen molar-refractivity contribution in [3.8, 4) is 17.2 Å². The first-order chi connectivity index (χ1) is 11.7. The Labute approximate surface area is 164 Å². The summed E-state index contributed by atoms with van der Waals surface area (Å²) >= 11 is 0. The third kappa shape index (κ3) is 4.03. The molecule has 0 saturated carbocycles. The lowest BCUT2D eigenvalue weighted by atomic mass is 10.1. The Morgan fingerprint density at radius 1 is 0.846 bits per heavy atom. The van der Waals surface area contributed by atoms with Crippen molar-refractivity contribution in [1.82, 2.24) is 9.97 Å². The molecule has 0 fully saturated rings. The zero-order chi connectivity index (χ0) is 17.1. The van der Waals surface area contributed by atoms with Crippen molar-refractivity contribution >= 4 is 47.2 Å². The van der Waals surface area contributed by atoms with Gasteiger partial charge in [-0.2, -0.15) is 0 Å². The highest BCUT2D eigenvalue weighted by atomic mass is 35.5. The van der Waals surface area contributed by atoms with Gasteiger partial charge in [0.25, 0.3) is 0 Å². The molecule has 0 amide bonds. The second-order valence-electron chi connectivity index (χ2n) is 5.25. The lowest BCUT2D eigenvalue weighted by molar-refractivity contribution is 0.327. The molecule has 6 nitrogen and oxygen atoms in total. The fourth-order valence-electron chi connectivity index (χ4n) is 2.56. The highest BCUT2D eigenvalue weighted by Gasteiger charge is 2.20. The van der Waals surface area contributed by atoms with Crippen LogP contribution in [0.2, 0.25) is 0 Å². The third-order valence-corrected chi connectivity index (χ3v) is 3.74. The maximum absolute atomic E-state index is 5.56. The Morgan fingerprint density at radius 2 is 1.50 bits per heavy atom. The number of benzene rings is 2. The number of halogens is 2. The summed E-state index contributed by atoms with van der Waals surface area (Å²) in [5.74, 6) is 2.24. The minimum Gasteiger partial charge on any atom is -0.493 e. The second-order valence-corrected chi connectivity index (χ2v) is 5.25. The summed E-state index contributed by atoms with van der Waals surface area (Å²) in [5.41, 5.74) is 2.82. The topological polar surface area (TPSA) is 65.5 Å². The number of nitrogens with one attached hydrogen (secondary N) is 1. The maximum Gasteiger partial charge on any atom is 0.204 e. The first-order valence-corrected chi connectivity index (χ1v) is 7.45. The summed E-state index contributed by atoms with van der Waals surface area (Å²) in [6, 6.07) is 9.87. The van der Waals surface area contributed by atoms with Gasteiger partial charge in [-0.3, -0.25) is 0 Å². The van der Waals surface area contributed by atoms with Gasteiger partial charge in [-0.15, -0.1) is 24.8 Å². The molecular formula is C18H21Cl2N3O3. The van der Waals surface area contributed by atoms with Gasteiger partial charge in [-0.1, -0.05) is 17.7 Å². The van der Waals surface area contributed by atoms with E-state index in [1.165, 1.54) is 11.9 Å². The number of anilines is 2. The van der Waals surface area contributed by atoms with Gasteiger partial charge < -0.3 is 19.5 Å². The number of hydrogen-bond acceptors (Lipinski definition) is 6. The zero-order valence-electron chi connectivity index (χ0n) is 14.9. The monoisotopic (exact) mass is 397 g/mol. The SMILES string of the molecule is COc1cc2ncnc(Nc3ccc(C)cc3)c2c(OC)c1OC.Cl.Cl. The molecule has 0 aliphatic rings. The van der Waals surface area contributed by atoms with Gasteiger partial charge in [0.05, 0.1) is 32.2 Å². The van der Waals surface area contributed by atoms with Crippen LogP contribution in [0.1, 0.15) is 5.56 Å². The summed E-state index contributed by atoms with van der Waals surface area (Å²) in [7, 11) is 4.73. The van der Waals surface area contributed by atoms with Gasteiger partial charge in [0.1, 0.15) is 12.1 Å². The van der Waals surface area contributed by atoms with Gasteiger partial charge >= 0.3 is 0 Å². The second kappa shape index (κ2) is 9.31. The Morgan fingerprint density at radius 3 is 2.08 bits per heavy atom. The average Bonchev–Trinajstić information content (AvgIpc) is 2.62. The van der Waals surface area contributed by atoms with Gasteiger partial charge in [-0.25, -0.2) is 9.97 Å². The van der Waals surface area contributed by atoms with E-state index in [9.17, 15) is 0 Å². The summed E-state index contributed by atoms with van der Waals surface area (Å²) in [6.07, 6.45) is 1.50. The van der Waals surface area contributed by atoms with E-state index < -0.39 is 0 Å². The van der Waals surface area contributed by atoms with Crippen molar-refractivity contribution in [2.45, 2.75) is 6.92 Å². The molecule has 1 N–H and O–H groups in total. The van der Waals surface area contributed by atoms with Crippen molar-refractivity contribution in [2.75, 3.05) is 26.6 Å². The molecule has 0 saturated heterocycles. The fraction of sp³-hybridized carbons (Fsp3) is 0.222. The van der Waals surface area contributed by atoms with Crippen molar-refractivity contribution < 1.29 is 14.2 Å². The maximum atomic E-state index is 5.56. The molecule has 140 valence electrons. The van der Waals surface area contributed by atoms with Crippen LogP contribution < -0.4 is 19.5 Å². The number of methoxy groups -OCH3 is 3. The molecule has 0 aliphatic carbocycles. The molecule has 0 atom stereocenters. The van der Waals surface area contributed by atoms with E-state index in [0.717, 1.165) is 11.1 Å². The molecule has 3 rings (SSSR count). The summed E-state index contributed by atoms with van der Waals surface area (Å²) in [4.78, 5) is 8.69. The fourth-order valence-corrected chi connectivity index (χ4v) is 2.56. The Balaban J connectivity index is 0.00000169. The Bertz CT molecular complexity index is 874. The predicted molar refractivity (Wildman–Crippen MR) is 108 cm³/mol. The summed E-state index contributed by atoms with van der Waals surface area (Å²) < 4.78 is 16.4. The van der Waals surface area contributed by atoms with Crippen LogP contribution in [0.3, 0.4) is 0 Å². The average molecular weight is 398 g/mol. The van der Waals surface area contributed by atoms with Crippen LogP contribution in [-0.4, -0.2) is 31.3 Å². The molecule has 0 bridgehead atoms. The van der Waals surface area contributed by atoms with E-state index in [2.05, 4.69) is 15.3 Å². The van der Waals surface area contributed by atoms with Gasteiger partial charge in [0, 0.05) is 11.8 Å². The number of fused-ring (bicyclic) bond motifs is 1. The normalized spacial score (nSPS) is 9.69. The van der Waals surface area contributed by atoms with Crippen molar-refractivity contribution in [2.24, 2.45) is 0 Å². The van der Waals surface area contributed by atoms with Crippen LogP contribution in [0.5, 0.6) is 17.2 Å². The van der Waals surface area contributed by atoms with Gasteiger partial charge in [0.2, 0.25) is 5.75 Å². The number of ether oxygens (including phenoxy) is 3. The molecule has 8 heteroatoms. The van der Waals surface area contributed by atoms with Crippen molar-refractivity contribution in [1.29, 1.82) is 0 Å². The van der Waals surface area contributed by atoms with Crippen LogP contribution in [0.4, 0.5) is 11.5 Å². The van der Waals surface area contributed by atoms with Crippen LogP contribution in [-0.2, 0) is 0 Å². The number of rotatable bonds is 5. The lowest BCUT2D eigenvalue weighted by Crippen LogP contribution is -2.01. The van der Waals surface area contributed by atoms with Crippen molar-refractivity contribution in [3.63, 3.8) is 0 Å². The molecule has 0 spiro atoms. The number of hydrogen-bond donors (Lipinski definition) is 1. The largest absolute Gasteiger partial charge is 0.493 e. The minimum atomic E-state index is 0. The Kier molecular flexibility index (Phi) is 7.74. The molecule has 0 radical (unpaired) electrons. The van der Waals surface area contributed by atoms with E-state index in [4.69, 9.17) is 14.2 Å². The lowest BCUT2D eigenvalue weighted by Gasteiger charge is -2.16. The van der Waals surface area contributed by atoms with Crippen LogP contribution in [0.15, 0.2) is 36.7 Å². The van der Waals surface area contributed by atoms with Gasteiger partial charge in [0.15, 0.2) is 11.5 Å². The van der Waals surface area contributed by atoms with E-state index in [1.54, 1.807) is 27.4 Å². The summed E-state index contributed by atoms with van der Waals surface area (Å²) in [5, 5.41) is 4.04. The molecule has 1 heterocycles. The number of nitrogens with zero attached hydrogens (tertiary/aromatic N) is 2.